The van der Waals surface area contributed by atoms with E-state index in [0.717, 1.165) is 0 Å². The number of hydrogen-bond donors (Lipinski definition) is 1. The minimum atomic E-state index is -0.476. The third kappa shape index (κ3) is 3.64. The molecule has 0 aliphatic heterocycles. The van der Waals surface area contributed by atoms with E-state index in [9.17, 15) is 14.9 Å². The molecule has 2 aromatic rings. The van der Waals surface area contributed by atoms with Crippen molar-refractivity contribution in [2.45, 2.75) is 12.1 Å². The van der Waals surface area contributed by atoms with Gasteiger partial charge >= 0.3 is 0 Å². The third-order valence-corrected chi connectivity index (χ3v) is 3.69. The van der Waals surface area contributed by atoms with Gasteiger partial charge in [-0.1, -0.05) is 27.7 Å². The van der Waals surface area contributed by atoms with Gasteiger partial charge in [-0.25, -0.2) is 4.98 Å². The minimum absolute atomic E-state index is 0.0273. The number of ketones is 1. The second-order valence-electron chi connectivity index (χ2n) is 3.91. The van der Waals surface area contributed by atoms with E-state index in [0.29, 0.717) is 21.0 Å². The van der Waals surface area contributed by atoms with E-state index in [1.165, 1.54) is 30.8 Å². The highest BCUT2D eigenvalue weighted by atomic mass is 79.9. The standard InChI is InChI=1S/C11H9BrN4O3S/c1-6(17)5-20-11-13-10(14-15-11)7-2-8(12)4-9(3-7)16(18)19/h2-4H,5H2,1H3,(H,13,14,15). The Hall–Kier alpha value is -1.74. The zero-order valence-electron chi connectivity index (χ0n) is 10.3. The van der Waals surface area contributed by atoms with E-state index in [2.05, 4.69) is 31.1 Å². The Kier molecular flexibility index (Phi) is 4.50. The maximum Gasteiger partial charge on any atom is 0.271 e. The zero-order chi connectivity index (χ0) is 14.7. The fourth-order valence-electron chi connectivity index (χ4n) is 1.42. The Balaban J connectivity index is 2.27. The predicted octanol–water partition coefficient (Wildman–Crippen LogP) is 2.82. The lowest BCUT2D eigenvalue weighted by Crippen LogP contribution is -1.93. The van der Waals surface area contributed by atoms with Crippen molar-refractivity contribution in [3.05, 3.63) is 32.8 Å². The highest BCUT2D eigenvalue weighted by Gasteiger charge is 2.13. The molecule has 20 heavy (non-hydrogen) atoms. The van der Waals surface area contributed by atoms with Crippen LogP contribution in [0.25, 0.3) is 11.4 Å². The summed E-state index contributed by atoms with van der Waals surface area (Å²) < 4.78 is 0.580. The molecule has 2 rings (SSSR count). The summed E-state index contributed by atoms with van der Waals surface area (Å²) >= 11 is 4.43. The molecule has 0 atom stereocenters. The molecule has 7 nitrogen and oxygen atoms in total. The number of H-pyrrole nitrogens is 1. The van der Waals surface area contributed by atoms with Gasteiger partial charge in [-0.3, -0.25) is 20.0 Å². The summed E-state index contributed by atoms with van der Waals surface area (Å²) in [6.45, 7) is 1.48. The van der Waals surface area contributed by atoms with Crippen molar-refractivity contribution in [2.75, 3.05) is 5.75 Å². The van der Waals surface area contributed by atoms with Gasteiger partial charge in [0.1, 0.15) is 5.78 Å². The highest BCUT2D eigenvalue weighted by Crippen LogP contribution is 2.27. The smallest absolute Gasteiger partial charge is 0.271 e. The van der Waals surface area contributed by atoms with Crippen LogP contribution in [-0.4, -0.2) is 31.6 Å². The number of carbonyl (C=O) groups is 1. The molecule has 0 saturated carbocycles. The van der Waals surface area contributed by atoms with Crippen LogP contribution in [0.3, 0.4) is 0 Å². The van der Waals surface area contributed by atoms with E-state index in [4.69, 9.17) is 0 Å². The summed E-state index contributed by atoms with van der Waals surface area (Å²) in [5.41, 5.74) is 0.511. The second kappa shape index (κ2) is 6.14. The molecule has 0 aliphatic carbocycles. The van der Waals surface area contributed by atoms with E-state index in [1.54, 1.807) is 6.07 Å². The summed E-state index contributed by atoms with van der Waals surface area (Å²) in [5.74, 6) is 0.732. The number of Topliss-reactive ketones (excluding diaryl/α,β-unsaturated/α-hetero) is 1. The molecule has 0 spiro atoms. The van der Waals surface area contributed by atoms with Gasteiger partial charge in [0.05, 0.1) is 10.7 Å². The average Bonchev–Trinajstić information content (AvgIpc) is 2.84. The van der Waals surface area contributed by atoms with Crippen LogP contribution in [0, 0.1) is 10.1 Å². The minimum Gasteiger partial charge on any atom is -0.299 e. The van der Waals surface area contributed by atoms with Crippen molar-refractivity contribution >= 4 is 39.2 Å². The SMILES string of the molecule is CC(=O)CSc1n[nH]c(-c2cc(Br)cc([N+](=O)[O-])c2)n1. The maximum atomic E-state index is 10.9. The van der Waals surface area contributed by atoms with Gasteiger partial charge in [0.15, 0.2) is 5.82 Å². The molecule has 0 aliphatic rings. The molecular formula is C11H9BrN4O3S. The van der Waals surface area contributed by atoms with Crippen LogP contribution in [0.4, 0.5) is 5.69 Å². The van der Waals surface area contributed by atoms with Crippen LogP contribution in [0.15, 0.2) is 27.8 Å². The van der Waals surface area contributed by atoms with Crippen molar-refractivity contribution in [2.24, 2.45) is 0 Å². The van der Waals surface area contributed by atoms with E-state index < -0.39 is 4.92 Å². The molecule has 1 heterocycles. The molecule has 0 bridgehead atoms. The summed E-state index contributed by atoms with van der Waals surface area (Å²) in [7, 11) is 0. The van der Waals surface area contributed by atoms with Gasteiger partial charge in [0.2, 0.25) is 5.16 Å². The van der Waals surface area contributed by atoms with Crippen LogP contribution in [0.5, 0.6) is 0 Å². The second-order valence-corrected chi connectivity index (χ2v) is 5.77. The lowest BCUT2D eigenvalue weighted by molar-refractivity contribution is -0.384. The highest BCUT2D eigenvalue weighted by molar-refractivity contribution is 9.10. The van der Waals surface area contributed by atoms with E-state index in [-0.39, 0.29) is 17.2 Å². The molecule has 0 fully saturated rings. The molecule has 1 aromatic heterocycles. The monoisotopic (exact) mass is 356 g/mol. The van der Waals surface area contributed by atoms with Crippen molar-refractivity contribution in [1.29, 1.82) is 0 Å². The number of nitrogens with one attached hydrogen (secondary N) is 1. The topological polar surface area (TPSA) is 102 Å². The van der Waals surface area contributed by atoms with Crippen molar-refractivity contribution in [3.8, 4) is 11.4 Å². The van der Waals surface area contributed by atoms with Crippen LogP contribution < -0.4 is 0 Å². The van der Waals surface area contributed by atoms with Gasteiger partial charge in [-0.15, -0.1) is 5.10 Å². The van der Waals surface area contributed by atoms with Crippen molar-refractivity contribution < 1.29 is 9.72 Å². The first-order chi connectivity index (χ1) is 9.45. The number of halogens is 1. The first-order valence-electron chi connectivity index (χ1n) is 5.45. The van der Waals surface area contributed by atoms with E-state index >= 15 is 0 Å². The van der Waals surface area contributed by atoms with Crippen LogP contribution >= 0.6 is 27.7 Å². The van der Waals surface area contributed by atoms with E-state index in [1.807, 2.05) is 0 Å². The molecule has 104 valence electrons. The Morgan fingerprint density at radius 2 is 2.25 bits per heavy atom. The third-order valence-electron chi connectivity index (χ3n) is 2.24. The maximum absolute atomic E-state index is 10.9. The summed E-state index contributed by atoms with van der Waals surface area (Å²) in [5, 5.41) is 17.9. The number of aromatic nitrogens is 3. The van der Waals surface area contributed by atoms with Crippen molar-refractivity contribution in [1.82, 2.24) is 15.2 Å². The Labute approximate surface area is 126 Å². The predicted molar refractivity (Wildman–Crippen MR) is 77.6 cm³/mol. The normalized spacial score (nSPS) is 10.5. The Bertz CT molecular complexity index is 673. The lowest BCUT2D eigenvalue weighted by Gasteiger charge is -1.98. The number of non-ortho nitro benzene ring substituents is 1. The Morgan fingerprint density at radius 1 is 1.50 bits per heavy atom. The molecular weight excluding hydrogens is 348 g/mol. The average molecular weight is 357 g/mol. The van der Waals surface area contributed by atoms with Gasteiger partial charge in [-0.2, -0.15) is 0 Å². The van der Waals surface area contributed by atoms with Gasteiger partial charge < -0.3 is 0 Å². The largest absolute Gasteiger partial charge is 0.299 e. The number of carbonyl (C=O) groups excluding carboxylic acids is 1. The van der Waals surface area contributed by atoms with Crippen molar-refractivity contribution in [3.63, 3.8) is 0 Å². The molecule has 0 radical (unpaired) electrons. The molecule has 1 aromatic carbocycles. The summed E-state index contributed by atoms with van der Waals surface area (Å²) in [6, 6.07) is 4.52. The fraction of sp³-hybridized carbons (Fsp3) is 0.182. The quantitative estimate of drug-likeness (QED) is 0.502. The number of aromatic amines is 1. The number of hydrogen-bond acceptors (Lipinski definition) is 6. The lowest BCUT2D eigenvalue weighted by atomic mass is 10.2. The number of rotatable bonds is 5. The number of benzene rings is 1. The summed E-state index contributed by atoms with van der Waals surface area (Å²) in [4.78, 5) is 25.4. The zero-order valence-corrected chi connectivity index (χ0v) is 12.7. The van der Waals surface area contributed by atoms with Crippen LogP contribution in [-0.2, 0) is 4.79 Å². The van der Waals surface area contributed by atoms with Gasteiger partial charge in [0, 0.05) is 22.2 Å². The molecule has 9 heteroatoms. The first kappa shape index (κ1) is 14.7. The molecule has 0 saturated heterocycles. The molecule has 1 N–H and O–H groups in total. The fourth-order valence-corrected chi connectivity index (χ4v) is 2.50. The number of nitrogens with zero attached hydrogens (tertiary/aromatic N) is 3. The Morgan fingerprint density at radius 3 is 2.90 bits per heavy atom. The molecule has 0 amide bonds. The first-order valence-corrected chi connectivity index (χ1v) is 7.23. The van der Waals surface area contributed by atoms with Crippen LogP contribution in [0.2, 0.25) is 0 Å². The molecule has 0 unspecified atom stereocenters. The number of nitro benzene ring substituents is 1. The number of nitro groups is 1. The van der Waals surface area contributed by atoms with Gasteiger partial charge in [-0.05, 0) is 13.0 Å². The van der Waals surface area contributed by atoms with Gasteiger partial charge in [0.25, 0.3) is 5.69 Å². The summed E-state index contributed by atoms with van der Waals surface area (Å²) in [6.07, 6.45) is 0. The number of thioether (sulfide) groups is 1. The van der Waals surface area contributed by atoms with Crippen LogP contribution in [0.1, 0.15) is 6.92 Å².